The average molecular weight is 602 g/mol. The topological polar surface area (TPSA) is 134 Å². The first-order valence-corrected chi connectivity index (χ1v) is 14.3. The van der Waals surface area contributed by atoms with E-state index in [1.165, 1.54) is 39.5 Å². The highest BCUT2D eigenvalue weighted by molar-refractivity contribution is 6.07. The van der Waals surface area contributed by atoms with Crippen molar-refractivity contribution in [3.63, 3.8) is 0 Å². The number of carbonyl (C=O) groups is 1. The second-order valence-corrected chi connectivity index (χ2v) is 10.2. The molecule has 5 heterocycles. The first-order chi connectivity index (χ1) is 21.3. The summed E-state index contributed by atoms with van der Waals surface area (Å²) in [6.07, 6.45) is 5.70. The van der Waals surface area contributed by atoms with Crippen LogP contribution in [0.15, 0.2) is 80.4 Å². The average Bonchev–Trinajstić information content (AvgIpc) is 3.48. The molecule has 0 radical (unpaired) electrons. The predicted molar refractivity (Wildman–Crippen MR) is 162 cm³/mol. The summed E-state index contributed by atoms with van der Waals surface area (Å²) in [6, 6.07) is 10.8. The maximum absolute atomic E-state index is 13.5. The molecule has 1 amide bonds. The third-order valence-electron chi connectivity index (χ3n) is 7.30. The molecule has 0 aliphatic carbocycles. The van der Waals surface area contributed by atoms with Gasteiger partial charge in [0.2, 0.25) is 11.5 Å². The summed E-state index contributed by atoms with van der Waals surface area (Å²) in [4.78, 5) is 66.2. The van der Waals surface area contributed by atoms with E-state index in [0.29, 0.717) is 54.4 Å². The molecule has 44 heavy (non-hydrogen) atoms. The number of pyridine rings is 3. The SMILES string of the molecule is CCCn1c(=O)c2c(n(CCOC)c1=O)N=C(c1ccc(N(CCCn3ccccc3=O)C(=O)c3ccc(F)nc3)nc1)C2. The third kappa shape index (κ3) is 6.32. The minimum atomic E-state index is -0.702. The first kappa shape index (κ1) is 30.4. The zero-order valence-electron chi connectivity index (χ0n) is 24.5. The van der Waals surface area contributed by atoms with Gasteiger partial charge in [-0.2, -0.15) is 4.39 Å². The van der Waals surface area contributed by atoms with Crippen LogP contribution in [0.1, 0.15) is 41.3 Å². The number of aryl methyl sites for hydroxylation is 1. The number of hydrogen-bond acceptors (Lipinski definition) is 8. The number of nitrogens with zero attached hydrogens (tertiary/aromatic N) is 7. The molecule has 12 nitrogen and oxygen atoms in total. The summed E-state index contributed by atoms with van der Waals surface area (Å²) in [5, 5.41) is 0. The summed E-state index contributed by atoms with van der Waals surface area (Å²) in [5.41, 5.74) is 0.887. The number of methoxy groups -OCH3 is 1. The standard InChI is InChI=1S/C31H32FN7O5/c1-3-12-39-30(42)23-18-24(35-28(23)38(31(39)43)16-17-44-2)21-9-11-26(34-19-21)37(29(41)22-8-10-25(32)33-20-22)15-6-14-36-13-5-4-7-27(36)40/h4-5,7-11,13,19-20H,3,6,12,14-18H2,1-2H3. The van der Waals surface area contributed by atoms with Gasteiger partial charge < -0.3 is 9.30 Å². The molecule has 0 aromatic carbocycles. The fraction of sp³-hybridized carbons (Fsp3) is 0.323. The zero-order valence-corrected chi connectivity index (χ0v) is 24.5. The Morgan fingerprint density at radius 1 is 1.00 bits per heavy atom. The van der Waals surface area contributed by atoms with E-state index in [-0.39, 0.29) is 42.8 Å². The Kier molecular flexibility index (Phi) is 9.34. The molecule has 0 spiro atoms. The maximum atomic E-state index is 13.5. The highest BCUT2D eigenvalue weighted by atomic mass is 19.1. The van der Waals surface area contributed by atoms with E-state index in [2.05, 4.69) is 15.0 Å². The molecule has 5 rings (SSSR count). The number of halogens is 1. The highest BCUT2D eigenvalue weighted by Gasteiger charge is 2.27. The van der Waals surface area contributed by atoms with E-state index in [4.69, 9.17) is 4.74 Å². The lowest BCUT2D eigenvalue weighted by atomic mass is 10.1. The van der Waals surface area contributed by atoms with Crippen molar-refractivity contribution >= 4 is 23.3 Å². The zero-order chi connectivity index (χ0) is 31.2. The Morgan fingerprint density at radius 2 is 1.84 bits per heavy atom. The van der Waals surface area contributed by atoms with Crippen molar-refractivity contribution in [1.82, 2.24) is 23.7 Å². The maximum Gasteiger partial charge on any atom is 0.332 e. The second kappa shape index (κ2) is 13.5. The van der Waals surface area contributed by atoms with Crippen LogP contribution in [-0.2, 0) is 30.8 Å². The van der Waals surface area contributed by atoms with Gasteiger partial charge >= 0.3 is 5.69 Å². The van der Waals surface area contributed by atoms with Gasteiger partial charge in [0.15, 0.2) is 0 Å². The molecule has 0 unspecified atom stereocenters. The van der Waals surface area contributed by atoms with Crippen LogP contribution in [0.3, 0.4) is 0 Å². The minimum Gasteiger partial charge on any atom is -0.383 e. The van der Waals surface area contributed by atoms with Gasteiger partial charge in [-0.1, -0.05) is 13.0 Å². The Balaban J connectivity index is 1.43. The van der Waals surface area contributed by atoms with Crippen LogP contribution < -0.4 is 21.7 Å². The van der Waals surface area contributed by atoms with Crippen molar-refractivity contribution in [2.75, 3.05) is 25.2 Å². The van der Waals surface area contributed by atoms with Crippen LogP contribution in [0.5, 0.6) is 0 Å². The quantitative estimate of drug-likeness (QED) is 0.228. The highest BCUT2D eigenvalue weighted by Crippen LogP contribution is 2.26. The smallest absolute Gasteiger partial charge is 0.332 e. The largest absolute Gasteiger partial charge is 0.383 e. The van der Waals surface area contributed by atoms with Gasteiger partial charge in [0.25, 0.3) is 11.5 Å². The number of carbonyl (C=O) groups excluding carboxylic acids is 1. The number of ether oxygens (including phenoxy) is 1. The van der Waals surface area contributed by atoms with Gasteiger partial charge in [-0.15, -0.1) is 0 Å². The van der Waals surface area contributed by atoms with Gasteiger partial charge in [-0.05, 0) is 43.2 Å². The van der Waals surface area contributed by atoms with Gasteiger partial charge in [0, 0.05) is 63.4 Å². The Hall–Kier alpha value is -5.04. The molecule has 0 saturated carbocycles. The van der Waals surface area contributed by atoms with E-state index >= 15 is 0 Å². The summed E-state index contributed by atoms with van der Waals surface area (Å²) in [7, 11) is 1.54. The van der Waals surface area contributed by atoms with Crippen molar-refractivity contribution in [3.8, 4) is 0 Å². The fourth-order valence-electron chi connectivity index (χ4n) is 5.07. The number of amides is 1. The minimum absolute atomic E-state index is 0.150. The van der Waals surface area contributed by atoms with Crippen molar-refractivity contribution in [2.45, 2.75) is 45.8 Å². The van der Waals surface area contributed by atoms with E-state index in [9.17, 15) is 23.6 Å². The summed E-state index contributed by atoms with van der Waals surface area (Å²) in [6.45, 7) is 3.33. The molecular formula is C31H32FN7O5. The predicted octanol–water partition coefficient (Wildman–Crippen LogP) is 2.57. The van der Waals surface area contributed by atoms with E-state index in [1.54, 1.807) is 41.2 Å². The number of rotatable bonds is 12. The molecule has 0 N–H and O–H groups in total. The van der Waals surface area contributed by atoms with Crippen LogP contribution in [0, 0.1) is 5.95 Å². The van der Waals surface area contributed by atoms with Crippen LogP contribution in [0.4, 0.5) is 16.0 Å². The summed E-state index contributed by atoms with van der Waals surface area (Å²) >= 11 is 0. The third-order valence-corrected chi connectivity index (χ3v) is 7.30. The molecule has 228 valence electrons. The van der Waals surface area contributed by atoms with Crippen LogP contribution in [0.25, 0.3) is 0 Å². The van der Waals surface area contributed by atoms with Crippen LogP contribution in [-0.4, -0.2) is 55.5 Å². The molecule has 1 aliphatic rings. The Labute approximate surface area is 251 Å². The van der Waals surface area contributed by atoms with Crippen LogP contribution in [0.2, 0.25) is 0 Å². The van der Waals surface area contributed by atoms with E-state index < -0.39 is 17.5 Å². The summed E-state index contributed by atoms with van der Waals surface area (Å²) < 4.78 is 22.9. The fourth-order valence-corrected chi connectivity index (χ4v) is 5.07. The monoisotopic (exact) mass is 601 g/mol. The van der Waals surface area contributed by atoms with Gasteiger partial charge in [0.05, 0.1) is 30.0 Å². The van der Waals surface area contributed by atoms with Crippen molar-refractivity contribution < 1.29 is 13.9 Å². The van der Waals surface area contributed by atoms with Crippen molar-refractivity contribution in [3.05, 3.63) is 115 Å². The molecule has 0 fully saturated rings. The number of fused-ring (bicyclic) bond motifs is 1. The summed E-state index contributed by atoms with van der Waals surface area (Å²) in [5.74, 6) is -0.476. The van der Waals surface area contributed by atoms with Gasteiger partial charge in [-0.25, -0.2) is 19.8 Å². The molecule has 4 aromatic rings. The normalized spacial score (nSPS) is 12.2. The lowest BCUT2D eigenvalue weighted by molar-refractivity contribution is 0.0985. The molecule has 1 aliphatic heterocycles. The molecular weight excluding hydrogens is 569 g/mol. The van der Waals surface area contributed by atoms with Crippen molar-refractivity contribution in [1.29, 1.82) is 0 Å². The van der Waals surface area contributed by atoms with Gasteiger partial charge in [0.1, 0.15) is 11.6 Å². The molecule has 0 saturated heterocycles. The van der Waals surface area contributed by atoms with Crippen molar-refractivity contribution in [2.24, 2.45) is 4.99 Å². The Bertz CT molecular complexity index is 1860. The lowest BCUT2D eigenvalue weighted by Gasteiger charge is -2.22. The van der Waals surface area contributed by atoms with E-state index in [1.807, 2.05) is 6.92 Å². The van der Waals surface area contributed by atoms with Crippen LogP contribution >= 0.6 is 0 Å². The molecule has 0 bridgehead atoms. The Morgan fingerprint density at radius 3 is 2.52 bits per heavy atom. The molecule has 13 heteroatoms. The lowest BCUT2D eigenvalue weighted by Crippen LogP contribution is -2.41. The first-order valence-electron chi connectivity index (χ1n) is 14.3. The number of aromatic nitrogens is 5. The van der Waals surface area contributed by atoms with Gasteiger partial charge in [-0.3, -0.25) is 28.4 Å². The number of anilines is 1. The second-order valence-electron chi connectivity index (χ2n) is 10.2. The number of aliphatic imine (C=N–C) groups is 1. The molecule has 4 aromatic heterocycles. The van der Waals surface area contributed by atoms with E-state index in [0.717, 1.165) is 6.07 Å². The molecule has 0 atom stereocenters. The number of hydrogen-bond donors (Lipinski definition) is 0.